The second-order valence-corrected chi connectivity index (χ2v) is 20.8. The second kappa shape index (κ2) is 35.8. The van der Waals surface area contributed by atoms with Gasteiger partial charge in [-0.1, -0.05) is 44.2 Å². The van der Waals surface area contributed by atoms with Gasteiger partial charge in [0.1, 0.15) is 54.4 Å². The van der Waals surface area contributed by atoms with Gasteiger partial charge in [0.15, 0.2) is 5.96 Å². The number of guanidine groups is 1. The smallest absolute Gasteiger partial charge is 0.326 e. The van der Waals surface area contributed by atoms with Crippen LogP contribution in [0.5, 0.6) is 0 Å². The number of hydrogen-bond donors (Lipinski definition) is 16. The van der Waals surface area contributed by atoms with Crippen LogP contribution in [-0.2, 0) is 73.5 Å². The van der Waals surface area contributed by atoms with Crippen molar-refractivity contribution in [2.24, 2.45) is 51.0 Å². The minimum absolute atomic E-state index is 0.0300. The lowest BCUT2D eigenvalue weighted by Gasteiger charge is -2.30. The van der Waals surface area contributed by atoms with Gasteiger partial charge in [-0.25, -0.2) is 4.79 Å². The number of carboxylic acids is 1. The highest BCUT2D eigenvalue weighted by atomic mass is 16.4. The van der Waals surface area contributed by atoms with E-state index in [1.807, 2.05) is 0 Å². The van der Waals surface area contributed by atoms with Crippen molar-refractivity contribution in [3.8, 4) is 0 Å². The van der Waals surface area contributed by atoms with Gasteiger partial charge in [-0.05, 0) is 83.1 Å². The predicted octanol–water partition coefficient (Wildman–Crippen LogP) is -6.29. The molecule has 10 atom stereocenters. The number of likely N-dealkylation sites (tertiary alicyclic amines) is 1. The Bertz CT molecular complexity index is 2550. The minimum atomic E-state index is -1.72. The molecule has 0 saturated carbocycles. The predicted molar refractivity (Wildman–Crippen MR) is 300 cm³/mol. The summed E-state index contributed by atoms with van der Waals surface area (Å²) in [5.74, 6) is -13.8. The summed E-state index contributed by atoms with van der Waals surface area (Å²) in [6.45, 7) is 6.23. The number of hydrogen-bond acceptors (Lipinski definition) is 16. The third-order valence-electron chi connectivity index (χ3n) is 13.1. The molecule has 13 amide bonds. The normalized spacial score (nSPS) is 16.0. The standard InChI is InChI=1S/C52H83N17O15/c1-26(2)24-36(50(82)69-23-9-13-37(69)51(83)84)68-48(80)34(17-21-41(57)73)66-47(79)33(16-20-40(56)72)65-46(78)32(15-19-39(55)71)64-42(74)27(3)61-45(77)31(14-18-38(54)70)63-43(75)28(4)62-49(81)35(25-29-10-6-5-7-11-29)67-44(76)30(53)12-8-22-60-52(58)59/h5-7,10-11,26-28,30-37H,8-9,12-25,53H2,1-4H3,(H2,54,70)(H2,55,71)(H2,56,72)(H2,57,73)(H,61,77)(H,62,81)(H,63,75)(H,64,74)(H,65,78)(H,66,79)(H,67,76)(H,68,80)(H,83,84)(H4,58,59,60)/t27-,28-,30-,31-,32-,33-,34-,35-,36-,37-/m0/s1. The van der Waals surface area contributed by atoms with Gasteiger partial charge in [0.25, 0.3) is 0 Å². The molecule has 0 unspecified atom stereocenters. The average molecular weight is 1190 g/mol. The van der Waals surface area contributed by atoms with Gasteiger partial charge >= 0.3 is 5.97 Å². The first kappa shape index (κ1) is 71.1. The van der Waals surface area contributed by atoms with E-state index in [1.54, 1.807) is 44.2 Å². The number of carbonyl (C=O) groups excluding carboxylic acids is 13. The number of nitrogens with two attached hydrogens (primary N) is 7. The van der Waals surface area contributed by atoms with Gasteiger partial charge in [0.2, 0.25) is 76.8 Å². The van der Waals surface area contributed by atoms with Gasteiger partial charge in [-0.2, -0.15) is 0 Å². The Balaban J connectivity index is 2.32. The Morgan fingerprint density at radius 2 is 0.905 bits per heavy atom. The molecule has 84 heavy (non-hydrogen) atoms. The van der Waals surface area contributed by atoms with Crippen LogP contribution in [0.4, 0.5) is 0 Å². The Kier molecular flexibility index (Phi) is 30.3. The average Bonchev–Trinajstić information content (AvgIpc) is 3.78. The van der Waals surface area contributed by atoms with E-state index in [0.29, 0.717) is 18.4 Å². The number of amides is 13. The maximum Gasteiger partial charge on any atom is 0.326 e. The summed E-state index contributed by atoms with van der Waals surface area (Å²) in [6, 6.07) is -5.76. The van der Waals surface area contributed by atoms with Crippen molar-refractivity contribution in [2.75, 3.05) is 13.1 Å². The lowest BCUT2D eigenvalue weighted by atomic mass is 10.0. The van der Waals surface area contributed by atoms with Crippen molar-refractivity contribution in [3.63, 3.8) is 0 Å². The lowest BCUT2D eigenvalue weighted by Crippen LogP contribution is -2.60. The van der Waals surface area contributed by atoms with Crippen molar-refractivity contribution in [1.82, 2.24) is 47.4 Å². The number of aliphatic imine (C=N–C) groups is 1. The fourth-order valence-electron chi connectivity index (χ4n) is 8.56. The van der Waals surface area contributed by atoms with Crippen molar-refractivity contribution in [3.05, 3.63) is 35.9 Å². The maximum atomic E-state index is 14.0. The van der Waals surface area contributed by atoms with Crippen LogP contribution in [0.1, 0.15) is 117 Å². The summed E-state index contributed by atoms with van der Waals surface area (Å²) >= 11 is 0. The number of benzene rings is 1. The van der Waals surface area contributed by atoms with Crippen LogP contribution in [0.2, 0.25) is 0 Å². The molecule has 32 nitrogen and oxygen atoms in total. The number of rotatable bonds is 38. The molecule has 1 aromatic carbocycles. The fourth-order valence-corrected chi connectivity index (χ4v) is 8.56. The maximum absolute atomic E-state index is 14.0. The Hall–Kier alpha value is -8.97. The van der Waals surface area contributed by atoms with Crippen LogP contribution in [0.3, 0.4) is 0 Å². The molecule has 0 bridgehead atoms. The summed E-state index contributed by atoms with van der Waals surface area (Å²) in [5.41, 5.74) is 38.9. The van der Waals surface area contributed by atoms with Crippen LogP contribution < -0.4 is 82.7 Å². The van der Waals surface area contributed by atoms with E-state index in [9.17, 15) is 72.2 Å². The molecule has 1 aliphatic rings. The molecule has 32 heteroatoms. The molecule has 0 radical (unpaired) electrons. The molecule has 23 N–H and O–H groups in total. The molecular weight excluding hydrogens is 1100 g/mol. The highest BCUT2D eigenvalue weighted by molar-refractivity contribution is 5.99. The molecule has 466 valence electrons. The Morgan fingerprint density at radius 3 is 1.30 bits per heavy atom. The quantitative estimate of drug-likeness (QED) is 0.0166. The van der Waals surface area contributed by atoms with Crippen molar-refractivity contribution in [2.45, 2.75) is 178 Å². The van der Waals surface area contributed by atoms with Crippen molar-refractivity contribution >= 4 is 88.7 Å². The third kappa shape index (κ3) is 26.3. The number of primary amides is 4. The number of nitrogens with one attached hydrogen (secondary N) is 8. The third-order valence-corrected chi connectivity index (χ3v) is 13.1. The van der Waals surface area contributed by atoms with Gasteiger partial charge in [0, 0.05) is 45.2 Å². The van der Waals surface area contributed by atoms with Crippen LogP contribution >= 0.6 is 0 Å². The van der Waals surface area contributed by atoms with E-state index in [1.165, 1.54) is 13.8 Å². The molecule has 2 rings (SSSR count). The zero-order valence-electron chi connectivity index (χ0n) is 47.6. The van der Waals surface area contributed by atoms with E-state index >= 15 is 0 Å². The van der Waals surface area contributed by atoms with Crippen LogP contribution in [0, 0.1) is 5.92 Å². The first-order chi connectivity index (χ1) is 39.4. The molecule has 0 spiro atoms. The summed E-state index contributed by atoms with van der Waals surface area (Å²) < 4.78 is 0. The molecule has 1 heterocycles. The number of nitrogens with zero attached hydrogens (tertiary/aromatic N) is 2. The zero-order chi connectivity index (χ0) is 63.4. The summed E-state index contributed by atoms with van der Waals surface area (Å²) in [4.78, 5) is 188. The van der Waals surface area contributed by atoms with Crippen LogP contribution in [0.15, 0.2) is 35.3 Å². The highest BCUT2D eigenvalue weighted by Crippen LogP contribution is 2.21. The van der Waals surface area contributed by atoms with Crippen LogP contribution in [0.25, 0.3) is 0 Å². The Morgan fingerprint density at radius 1 is 0.524 bits per heavy atom. The molecule has 0 aliphatic carbocycles. The largest absolute Gasteiger partial charge is 0.480 e. The van der Waals surface area contributed by atoms with E-state index in [2.05, 4.69) is 47.5 Å². The zero-order valence-corrected chi connectivity index (χ0v) is 47.6. The molecule has 1 fully saturated rings. The molecule has 1 saturated heterocycles. The first-order valence-electron chi connectivity index (χ1n) is 27.3. The Labute approximate surface area is 485 Å². The lowest BCUT2D eigenvalue weighted by molar-refractivity contribution is -0.149. The highest BCUT2D eigenvalue weighted by Gasteiger charge is 2.40. The van der Waals surface area contributed by atoms with Gasteiger partial charge in [0.05, 0.1) is 6.04 Å². The number of carboxylic acid groups (broad SMARTS) is 1. The first-order valence-corrected chi connectivity index (χ1v) is 27.3. The SMILES string of the molecule is CC(C)C[C@H](NC(=O)[C@H](CCC(N)=O)NC(=O)[C@H](CCC(N)=O)NC(=O)[C@H](CCC(N)=O)NC(=O)[C@H](C)NC(=O)[C@H](CCC(N)=O)NC(=O)[C@H](C)NC(=O)[C@H](Cc1ccccc1)NC(=O)[C@@H](N)CCCN=C(N)N)C(=O)N1CCC[C@H]1C(=O)O. The van der Waals surface area contributed by atoms with Crippen molar-refractivity contribution < 1.29 is 72.2 Å². The molecule has 1 aliphatic heterocycles. The minimum Gasteiger partial charge on any atom is -0.480 e. The van der Waals surface area contributed by atoms with Gasteiger partial charge < -0.3 is 92.7 Å². The topological polar surface area (TPSA) is 553 Å². The van der Waals surface area contributed by atoms with Crippen LogP contribution in [-0.4, -0.2) is 172 Å². The fraction of sp³-hybridized carbons (Fsp3) is 0.596. The number of carbonyl (C=O) groups is 14. The van der Waals surface area contributed by atoms with E-state index in [4.69, 9.17) is 40.1 Å². The summed E-state index contributed by atoms with van der Waals surface area (Å²) in [7, 11) is 0. The molecule has 0 aromatic heterocycles. The van der Waals surface area contributed by atoms with Gasteiger partial charge in [-0.3, -0.25) is 67.3 Å². The number of aliphatic carboxylic acids is 1. The molecule has 1 aromatic rings. The summed E-state index contributed by atoms with van der Waals surface area (Å²) in [5, 5.41) is 29.2. The van der Waals surface area contributed by atoms with Crippen molar-refractivity contribution in [1.29, 1.82) is 0 Å². The van der Waals surface area contributed by atoms with E-state index in [-0.39, 0.29) is 50.7 Å². The van der Waals surface area contributed by atoms with E-state index < -0.39 is 195 Å². The van der Waals surface area contributed by atoms with Gasteiger partial charge in [-0.15, -0.1) is 0 Å². The summed E-state index contributed by atoms with van der Waals surface area (Å²) in [6.07, 6.45) is -2.78. The molecular formula is C52H83N17O15. The van der Waals surface area contributed by atoms with E-state index in [0.717, 1.165) is 4.90 Å². The second-order valence-electron chi connectivity index (χ2n) is 20.8. The monoisotopic (exact) mass is 1190 g/mol.